The molecule has 2 amide bonds. The van der Waals surface area contributed by atoms with Gasteiger partial charge in [-0.2, -0.15) is 5.10 Å². The Hall–Kier alpha value is -2.41. The maximum atomic E-state index is 12.5. The molecule has 0 unspecified atom stereocenters. The van der Waals surface area contributed by atoms with Crippen molar-refractivity contribution in [3.63, 3.8) is 0 Å². The molecule has 1 saturated heterocycles. The fourth-order valence-corrected chi connectivity index (χ4v) is 2.40. The van der Waals surface area contributed by atoms with E-state index in [4.69, 9.17) is 9.15 Å². The topological polar surface area (TPSA) is 80.5 Å². The average molecular weight is 302 g/mol. The number of carbonyl (C=O) groups excluding carboxylic acids is 1. The lowest BCUT2D eigenvalue weighted by Gasteiger charge is -2.34. The Balaban J connectivity index is 1.75. The molecule has 2 aromatic heterocycles. The van der Waals surface area contributed by atoms with E-state index in [0.717, 1.165) is 17.9 Å². The van der Waals surface area contributed by atoms with E-state index in [2.05, 4.69) is 15.5 Å². The van der Waals surface area contributed by atoms with E-state index in [9.17, 15) is 4.79 Å². The number of morpholine rings is 1. The van der Waals surface area contributed by atoms with Gasteiger partial charge in [-0.25, -0.2) is 4.79 Å². The van der Waals surface area contributed by atoms with Crippen LogP contribution in [0.3, 0.4) is 0 Å². The van der Waals surface area contributed by atoms with Crippen LogP contribution in [0.25, 0.3) is 0 Å². The van der Waals surface area contributed by atoms with Crippen LogP contribution in [-0.2, 0) is 11.2 Å². The number of ether oxygens (including phenoxy) is 1. The number of rotatable bonds is 3. The van der Waals surface area contributed by atoms with E-state index in [-0.39, 0.29) is 12.1 Å². The lowest BCUT2D eigenvalue weighted by Crippen LogP contribution is -2.45. The van der Waals surface area contributed by atoms with Crippen LogP contribution >= 0.6 is 0 Å². The molecule has 3 heterocycles. The lowest BCUT2D eigenvalue weighted by molar-refractivity contribution is 0.00700. The van der Waals surface area contributed by atoms with Crippen molar-refractivity contribution in [2.24, 2.45) is 0 Å². The maximum Gasteiger partial charge on any atom is 0.323 e. The number of amides is 2. The molecule has 1 aliphatic rings. The first-order chi connectivity index (χ1) is 10.8. The van der Waals surface area contributed by atoms with Crippen LogP contribution in [0, 0.1) is 0 Å². The molecular weight excluding hydrogens is 284 g/mol. The smallest absolute Gasteiger partial charge is 0.323 e. The van der Waals surface area contributed by atoms with Crippen molar-refractivity contribution in [1.82, 2.24) is 15.1 Å². The molecule has 1 N–H and O–H groups in total. The Morgan fingerprint density at radius 2 is 2.36 bits per heavy atom. The molecule has 0 aromatic carbocycles. The van der Waals surface area contributed by atoms with Crippen LogP contribution in [0.5, 0.6) is 0 Å². The number of nitrogens with one attached hydrogen (secondary N) is 1. The standard InChI is InChI=1S/C15H18N4O3/c1-2-11-5-6-13(22-11)12-10-21-9-8-19(12)15(20)17-14-4-3-7-16-18-14/h3-7,12H,2,8-10H2,1H3,(H,17,18,20)/t12-/m0/s1. The number of carbonyl (C=O) groups is 1. The lowest BCUT2D eigenvalue weighted by atomic mass is 10.2. The predicted molar refractivity (Wildman–Crippen MR) is 79.4 cm³/mol. The monoisotopic (exact) mass is 302 g/mol. The summed E-state index contributed by atoms with van der Waals surface area (Å²) in [5.41, 5.74) is 0. The minimum Gasteiger partial charge on any atom is -0.464 e. The quantitative estimate of drug-likeness (QED) is 0.940. The molecule has 116 valence electrons. The molecule has 0 spiro atoms. The van der Waals surface area contributed by atoms with Gasteiger partial charge in [0.05, 0.1) is 13.2 Å². The second-order valence-corrected chi connectivity index (χ2v) is 4.98. The molecule has 0 aliphatic carbocycles. The summed E-state index contributed by atoms with van der Waals surface area (Å²) < 4.78 is 11.3. The second kappa shape index (κ2) is 6.57. The van der Waals surface area contributed by atoms with Crippen molar-refractivity contribution in [1.29, 1.82) is 0 Å². The SMILES string of the molecule is CCc1ccc([C@@H]2COCCN2C(=O)Nc2cccnn2)o1. The third-order valence-corrected chi connectivity index (χ3v) is 3.56. The van der Waals surface area contributed by atoms with Gasteiger partial charge < -0.3 is 14.1 Å². The summed E-state index contributed by atoms with van der Waals surface area (Å²) in [5, 5.41) is 10.4. The first-order valence-corrected chi connectivity index (χ1v) is 7.29. The van der Waals surface area contributed by atoms with Gasteiger partial charge in [-0.1, -0.05) is 6.92 Å². The van der Waals surface area contributed by atoms with E-state index >= 15 is 0 Å². The maximum absolute atomic E-state index is 12.5. The number of furan rings is 1. The van der Waals surface area contributed by atoms with Crippen molar-refractivity contribution in [3.05, 3.63) is 42.0 Å². The highest BCUT2D eigenvalue weighted by Gasteiger charge is 2.31. The molecule has 7 heteroatoms. The molecule has 22 heavy (non-hydrogen) atoms. The largest absolute Gasteiger partial charge is 0.464 e. The summed E-state index contributed by atoms with van der Waals surface area (Å²) in [4.78, 5) is 14.2. The third-order valence-electron chi connectivity index (χ3n) is 3.56. The van der Waals surface area contributed by atoms with Crippen LogP contribution in [0.1, 0.15) is 24.5 Å². The van der Waals surface area contributed by atoms with Crippen molar-refractivity contribution in [2.45, 2.75) is 19.4 Å². The first kappa shape index (κ1) is 14.5. The van der Waals surface area contributed by atoms with Gasteiger partial charge in [0.25, 0.3) is 0 Å². The summed E-state index contributed by atoms with van der Waals surface area (Å²) in [7, 11) is 0. The van der Waals surface area contributed by atoms with E-state index < -0.39 is 0 Å². The van der Waals surface area contributed by atoms with E-state index in [1.54, 1.807) is 23.2 Å². The number of aryl methyl sites for hydroxylation is 1. The second-order valence-electron chi connectivity index (χ2n) is 4.98. The minimum atomic E-state index is -0.233. The molecule has 3 rings (SSSR count). The van der Waals surface area contributed by atoms with Crippen molar-refractivity contribution in [2.75, 3.05) is 25.1 Å². The van der Waals surface area contributed by atoms with Crippen molar-refractivity contribution < 1.29 is 13.9 Å². The highest BCUT2D eigenvalue weighted by molar-refractivity contribution is 5.88. The summed E-state index contributed by atoms with van der Waals surface area (Å²) in [6, 6.07) is 6.79. The van der Waals surface area contributed by atoms with Gasteiger partial charge in [-0.15, -0.1) is 5.10 Å². The molecule has 0 radical (unpaired) electrons. The Morgan fingerprint density at radius 1 is 1.45 bits per heavy atom. The van der Waals surface area contributed by atoms with Gasteiger partial charge >= 0.3 is 6.03 Å². The van der Waals surface area contributed by atoms with Crippen molar-refractivity contribution >= 4 is 11.8 Å². The normalized spacial score (nSPS) is 18.2. The van der Waals surface area contributed by atoms with Crippen LogP contribution < -0.4 is 5.32 Å². The fraction of sp³-hybridized carbons (Fsp3) is 0.400. The Bertz CT molecular complexity index is 629. The highest BCUT2D eigenvalue weighted by atomic mass is 16.5. The van der Waals surface area contributed by atoms with Gasteiger partial charge in [-0.05, 0) is 24.3 Å². The summed E-state index contributed by atoms with van der Waals surface area (Å²) in [6.07, 6.45) is 2.38. The van der Waals surface area contributed by atoms with Crippen LogP contribution in [0.4, 0.5) is 10.6 Å². The number of urea groups is 1. The van der Waals surface area contributed by atoms with E-state index in [1.165, 1.54) is 0 Å². The van der Waals surface area contributed by atoms with Gasteiger partial charge in [0, 0.05) is 19.2 Å². The number of aromatic nitrogens is 2. The molecule has 1 aliphatic heterocycles. The third kappa shape index (κ3) is 3.09. The molecule has 1 fully saturated rings. The zero-order chi connectivity index (χ0) is 15.4. The first-order valence-electron chi connectivity index (χ1n) is 7.29. The number of anilines is 1. The molecule has 0 saturated carbocycles. The zero-order valence-electron chi connectivity index (χ0n) is 12.4. The van der Waals surface area contributed by atoms with Gasteiger partial charge in [0.15, 0.2) is 5.82 Å². The van der Waals surface area contributed by atoms with Gasteiger partial charge in [0.2, 0.25) is 0 Å². The highest BCUT2D eigenvalue weighted by Crippen LogP contribution is 2.26. The summed E-state index contributed by atoms with van der Waals surface area (Å²) in [5.74, 6) is 2.06. The zero-order valence-corrected chi connectivity index (χ0v) is 12.4. The molecule has 0 bridgehead atoms. The molecule has 7 nitrogen and oxygen atoms in total. The number of nitrogens with zero attached hydrogens (tertiary/aromatic N) is 3. The van der Waals surface area contributed by atoms with Gasteiger partial charge in [0.1, 0.15) is 17.6 Å². The summed E-state index contributed by atoms with van der Waals surface area (Å²) >= 11 is 0. The fourth-order valence-electron chi connectivity index (χ4n) is 2.40. The number of hydrogen-bond acceptors (Lipinski definition) is 5. The van der Waals surface area contributed by atoms with E-state index in [1.807, 2.05) is 19.1 Å². The average Bonchev–Trinajstić information content (AvgIpc) is 3.05. The molecule has 2 aromatic rings. The van der Waals surface area contributed by atoms with Crippen LogP contribution in [0.15, 0.2) is 34.9 Å². The molecule has 1 atom stereocenters. The number of hydrogen-bond donors (Lipinski definition) is 1. The molecular formula is C15H18N4O3. The Kier molecular flexibility index (Phi) is 4.34. The van der Waals surface area contributed by atoms with Crippen LogP contribution in [-0.4, -0.2) is 40.9 Å². The Labute approximate surface area is 128 Å². The Morgan fingerprint density at radius 3 is 3.09 bits per heavy atom. The van der Waals surface area contributed by atoms with E-state index in [0.29, 0.717) is 25.6 Å². The van der Waals surface area contributed by atoms with Crippen LogP contribution in [0.2, 0.25) is 0 Å². The van der Waals surface area contributed by atoms with Crippen molar-refractivity contribution in [3.8, 4) is 0 Å². The minimum absolute atomic E-state index is 0.231. The summed E-state index contributed by atoms with van der Waals surface area (Å²) in [6.45, 7) is 3.45. The predicted octanol–water partition coefficient (Wildman–Crippen LogP) is 2.24. The van der Waals surface area contributed by atoms with Gasteiger partial charge in [-0.3, -0.25) is 5.32 Å².